The zero-order chi connectivity index (χ0) is 13.6. The molecule has 2 saturated heterocycles. The number of nitrogens with zero attached hydrogens (tertiary/aromatic N) is 1. The average molecular weight is 268 g/mol. The summed E-state index contributed by atoms with van der Waals surface area (Å²) in [4.78, 5) is 2.69. The first-order valence-corrected chi connectivity index (χ1v) is 8.25. The number of nitrogens with one attached hydrogen (secondary N) is 1. The summed E-state index contributed by atoms with van der Waals surface area (Å²) in [6, 6.07) is 0. The first-order valence-electron chi connectivity index (χ1n) is 8.25. The van der Waals surface area contributed by atoms with E-state index in [1.54, 1.807) is 0 Å². The Morgan fingerprint density at radius 2 is 2.26 bits per heavy atom. The highest BCUT2D eigenvalue weighted by Gasteiger charge is 2.35. The number of hydrogen-bond acceptors (Lipinski definition) is 3. The quantitative estimate of drug-likeness (QED) is 0.749. The van der Waals surface area contributed by atoms with Crippen LogP contribution in [0.25, 0.3) is 0 Å². The van der Waals surface area contributed by atoms with Crippen LogP contribution >= 0.6 is 0 Å². The Morgan fingerprint density at radius 3 is 2.95 bits per heavy atom. The molecule has 1 N–H and O–H groups in total. The van der Waals surface area contributed by atoms with Gasteiger partial charge >= 0.3 is 0 Å². The highest BCUT2D eigenvalue weighted by atomic mass is 16.5. The van der Waals surface area contributed by atoms with E-state index in [9.17, 15) is 0 Å². The molecular weight excluding hydrogens is 236 g/mol. The molecule has 2 aliphatic rings. The summed E-state index contributed by atoms with van der Waals surface area (Å²) in [6.45, 7) is 12.6. The van der Waals surface area contributed by atoms with Crippen LogP contribution in [0.2, 0.25) is 0 Å². The molecule has 3 heteroatoms. The largest absolute Gasteiger partial charge is 0.381 e. The van der Waals surface area contributed by atoms with E-state index in [4.69, 9.17) is 4.74 Å². The smallest absolute Gasteiger partial charge is 0.0546 e. The van der Waals surface area contributed by atoms with Crippen molar-refractivity contribution in [3.05, 3.63) is 0 Å². The van der Waals surface area contributed by atoms with E-state index in [2.05, 4.69) is 24.1 Å². The number of likely N-dealkylation sites (tertiary alicyclic amines) is 1. The molecule has 2 fully saturated rings. The molecule has 2 rings (SSSR count). The van der Waals surface area contributed by atoms with Crippen molar-refractivity contribution in [1.29, 1.82) is 0 Å². The topological polar surface area (TPSA) is 24.5 Å². The van der Waals surface area contributed by atoms with Crippen molar-refractivity contribution in [3.63, 3.8) is 0 Å². The predicted molar refractivity (Wildman–Crippen MR) is 80.5 cm³/mol. The molecule has 0 radical (unpaired) electrons. The van der Waals surface area contributed by atoms with Gasteiger partial charge in [-0.3, -0.25) is 0 Å². The van der Waals surface area contributed by atoms with E-state index in [0.717, 1.165) is 32.2 Å². The summed E-state index contributed by atoms with van der Waals surface area (Å²) in [6.07, 6.45) is 6.57. The minimum Gasteiger partial charge on any atom is -0.381 e. The molecule has 19 heavy (non-hydrogen) atoms. The minimum atomic E-state index is 0.366. The van der Waals surface area contributed by atoms with E-state index >= 15 is 0 Å². The van der Waals surface area contributed by atoms with Crippen LogP contribution in [0.3, 0.4) is 0 Å². The van der Waals surface area contributed by atoms with Gasteiger partial charge in [0, 0.05) is 31.7 Å². The third-order valence-electron chi connectivity index (χ3n) is 4.63. The fourth-order valence-electron chi connectivity index (χ4n) is 3.67. The van der Waals surface area contributed by atoms with Crippen LogP contribution in [0.4, 0.5) is 0 Å². The molecule has 0 aliphatic carbocycles. The van der Waals surface area contributed by atoms with Crippen LogP contribution < -0.4 is 5.32 Å². The Labute approximate surface area is 119 Å². The first kappa shape index (κ1) is 15.3. The van der Waals surface area contributed by atoms with Crippen molar-refractivity contribution in [3.8, 4) is 0 Å². The first-order chi connectivity index (χ1) is 9.24. The summed E-state index contributed by atoms with van der Waals surface area (Å²) in [5.74, 6) is 0.874. The van der Waals surface area contributed by atoms with E-state index in [0.29, 0.717) is 5.41 Å². The summed E-state index contributed by atoms with van der Waals surface area (Å²) < 4.78 is 5.82. The van der Waals surface area contributed by atoms with Crippen LogP contribution in [-0.4, -0.2) is 50.8 Å². The second-order valence-electron chi connectivity index (χ2n) is 6.82. The molecule has 0 aromatic rings. The van der Waals surface area contributed by atoms with Crippen LogP contribution in [0.5, 0.6) is 0 Å². The zero-order valence-corrected chi connectivity index (χ0v) is 12.9. The third-order valence-corrected chi connectivity index (χ3v) is 4.63. The molecule has 0 amide bonds. The number of rotatable bonds is 6. The zero-order valence-electron chi connectivity index (χ0n) is 12.9. The number of ether oxygens (including phenoxy) is 1. The molecule has 2 unspecified atom stereocenters. The lowest BCUT2D eigenvalue weighted by atomic mass is 9.81. The third kappa shape index (κ3) is 4.73. The Bertz CT molecular complexity index is 251. The van der Waals surface area contributed by atoms with E-state index in [-0.39, 0.29) is 0 Å². The summed E-state index contributed by atoms with van der Waals surface area (Å²) >= 11 is 0. The van der Waals surface area contributed by atoms with E-state index in [1.807, 2.05) is 0 Å². The van der Waals surface area contributed by atoms with Crippen LogP contribution in [0.15, 0.2) is 0 Å². The van der Waals surface area contributed by atoms with Crippen molar-refractivity contribution >= 4 is 0 Å². The lowest BCUT2D eigenvalue weighted by molar-refractivity contribution is -0.0313. The Balaban J connectivity index is 1.88. The molecule has 2 atom stereocenters. The summed E-state index contributed by atoms with van der Waals surface area (Å²) in [5.41, 5.74) is 0.366. The summed E-state index contributed by atoms with van der Waals surface area (Å²) in [7, 11) is 0. The highest BCUT2D eigenvalue weighted by Crippen LogP contribution is 2.30. The van der Waals surface area contributed by atoms with Gasteiger partial charge in [0.05, 0.1) is 6.61 Å². The molecule has 0 saturated carbocycles. The molecule has 3 nitrogen and oxygen atoms in total. The highest BCUT2D eigenvalue weighted by molar-refractivity contribution is 4.88. The lowest BCUT2D eigenvalue weighted by Crippen LogP contribution is -2.51. The number of piperidine rings is 1. The second-order valence-corrected chi connectivity index (χ2v) is 6.82. The monoisotopic (exact) mass is 268 g/mol. The van der Waals surface area contributed by atoms with Crippen LogP contribution in [0.1, 0.15) is 46.0 Å². The molecule has 0 bridgehead atoms. The van der Waals surface area contributed by atoms with Gasteiger partial charge in [0.1, 0.15) is 0 Å². The van der Waals surface area contributed by atoms with Crippen molar-refractivity contribution < 1.29 is 4.74 Å². The maximum absolute atomic E-state index is 5.82. The van der Waals surface area contributed by atoms with Gasteiger partial charge in [-0.25, -0.2) is 0 Å². The fraction of sp³-hybridized carbons (Fsp3) is 1.00. The Morgan fingerprint density at radius 1 is 1.37 bits per heavy atom. The van der Waals surface area contributed by atoms with Crippen molar-refractivity contribution in [1.82, 2.24) is 10.2 Å². The molecular formula is C16H32N2O. The fourth-order valence-corrected chi connectivity index (χ4v) is 3.67. The van der Waals surface area contributed by atoms with Gasteiger partial charge in [0.15, 0.2) is 0 Å². The Hall–Kier alpha value is -0.120. The van der Waals surface area contributed by atoms with Crippen molar-refractivity contribution in [2.75, 3.05) is 45.9 Å². The van der Waals surface area contributed by atoms with Gasteiger partial charge in [-0.15, -0.1) is 0 Å². The number of hydrogen-bond donors (Lipinski definition) is 1. The predicted octanol–water partition coefficient (Wildman–Crippen LogP) is 2.51. The van der Waals surface area contributed by atoms with Gasteiger partial charge in [-0.2, -0.15) is 0 Å². The van der Waals surface area contributed by atoms with E-state index < -0.39 is 0 Å². The SMILES string of the molecule is CCCNCC1(CN2CCCC(C)C2)CCCOC1. The molecule has 2 aliphatic heterocycles. The van der Waals surface area contributed by atoms with Crippen LogP contribution in [-0.2, 0) is 4.74 Å². The summed E-state index contributed by atoms with van der Waals surface area (Å²) in [5, 5.41) is 3.64. The second kappa shape index (κ2) is 7.61. The lowest BCUT2D eigenvalue weighted by Gasteiger charge is -2.43. The molecule has 0 aromatic heterocycles. The van der Waals surface area contributed by atoms with Crippen LogP contribution in [0, 0.1) is 11.3 Å². The van der Waals surface area contributed by atoms with Gasteiger partial charge in [-0.05, 0) is 51.1 Å². The molecule has 0 spiro atoms. The maximum atomic E-state index is 5.82. The maximum Gasteiger partial charge on any atom is 0.0546 e. The van der Waals surface area contributed by atoms with Gasteiger partial charge in [-0.1, -0.05) is 13.8 Å². The van der Waals surface area contributed by atoms with Gasteiger partial charge in [0.25, 0.3) is 0 Å². The van der Waals surface area contributed by atoms with E-state index in [1.165, 1.54) is 51.7 Å². The molecule has 112 valence electrons. The minimum absolute atomic E-state index is 0.366. The molecule has 0 aromatic carbocycles. The molecule has 2 heterocycles. The van der Waals surface area contributed by atoms with Crippen molar-refractivity contribution in [2.45, 2.75) is 46.0 Å². The van der Waals surface area contributed by atoms with Gasteiger partial charge < -0.3 is 15.0 Å². The standard InChI is InChI=1S/C16H32N2O/c1-3-8-17-12-16(7-5-10-19-14-16)13-18-9-4-6-15(2)11-18/h15,17H,3-14H2,1-2H3. The Kier molecular flexibility index (Phi) is 6.11. The van der Waals surface area contributed by atoms with Crippen molar-refractivity contribution in [2.24, 2.45) is 11.3 Å². The van der Waals surface area contributed by atoms with Gasteiger partial charge in [0.2, 0.25) is 0 Å². The average Bonchev–Trinajstić information content (AvgIpc) is 2.40. The normalized spacial score (nSPS) is 33.5.